The van der Waals surface area contributed by atoms with Crippen molar-refractivity contribution in [2.24, 2.45) is 4.99 Å². The normalized spacial score (nSPS) is 17.5. The van der Waals surface area contributed by atoms with Crippen molar-refractivity contribution in [2.45, 2.75) is 26.0 Å². The van der Waals surface area contributed by atoms with Gasteiger partial charge in [0, 0.05) is 31.8 Å². The van der Waals surface area contributed by atoms with Gasteiger partial charge in [0.15, 0.2) is 5.96 Å². The Morgan fingerprint density at radius 2 is 2.38 bits per heavy atom. The van der Waals surface area contributed by atoms with E-state index in [0.717, 1.165) is 32.0 Å². The Morgan fingerprint density at radius 3 is 3.08 bits per heavy atom. The molecule has 7 heteroatoms. The van der Waals surface area contributed by atoms with Gasteiger partial charge in [-0.25, -0.2) is 9.98 Å². The fourth-order valence-corrected chi connectivity index (χ4v) is 3.24. The number of hydrogen-bond acceptors (Lipinski definition) is 4. The Kier molecular flexibility index (Phi) is 7.77. The topological polar surface area (TPSA) is 49.8 Å². The molecule has 1 N–H and O–H groups in total. The van der Waals surface area contributed by atoms with Crippen LogP contribution < -0.4 is 10.1 Å². The highest BCUT2D eigenvalue weighted by atomic mass is 127. The number of nitrogens with zero attached hydrogens (tertiary/aromatic N) is 3. The van der Waals surface area contributed by atoms with E-state index in [9.17, 15) is 0 Å². The van der Waals surface area contributed by atoms with Crippen LogP contribution in [-0.2, 0) is 6.54 Å². The minimum atomic E-state index is 0. The van der Waals surface area contributed by atoms with Crippen LogP contribution in [0.15, 0.2) is 46.2 Å². The molecule has 3 rings (SSSR count). The maximum atomic E-state index is 5.95. The second-order valence-electron chi connectivity index (χ2n) is 5.44. The molecular formula is C17H23IN4OS. The Hall–Kier alpha value is -1.35. The Bertz CT molecular complexity index is 621. The van der Waals surface area contributed by atoms with Gasteiger partial charge in [-0.15, -0.1) is 24.0 Å². The first kappa shape index (κ1) is 19.0. The summed E-state index contributed by atoms with van der Waals surface area (Å²) in [4.78, 5) is 11.2. The fraction of sp³-hybridized carbons (Fsp3) is 0.412. The van der Waals surface area contributed by atoms with Gasteiger partial charge >= 0.3 is 0 Å². The Balaban J connectivity index is 0.00000208. The van der Waals surface area contributed by atoms with Crippen molar-refractivity contribution < 1.29 is 4.74 Å². The number of pyridine rings is 1. The quantitative estimate of drug-likeness (QED) is 0.424. The fourth-order valence-electron chi connectivity index (χ4n) is 2.58. The highest BCUT2D eigenvalue weighted by Crippen LogP contribution is 2.16. The monoisotopic (exact) mass is 458 g/mol. The molecule has 2 aromatic rings. The second kappa shape index (κ2) is 9.83. The molecular weight excluding hydrogens is 435 g/mol. The average molecular weight is 458 g/mol. The molecule has 0 saturated carbocycles. The van der Waals surface area contributed by atoms with Crippen LogP contribution in [0.25, 0.3) is 0 Å². The van der Waals surface area contributed by atoms with Gasteiger partial charge in [0.2, 0.25) is 5.88 Å². The summed E-state index contributed by atoms with van der Waals surface area (Å²) < 4.78 is 5.95. The van der Waals surface area contributed by atoms with Crippen molar-refractivity contribution in [1.29, 1.82) is 0 Å². The number of halogens is 1. The number of rotatable bonds is 5. The molecule has 0 spiro atoms. The van der Waals surface area contributed by atoms with Gasteiger partial charge < -0.3 is 15.0 Å². The predicted octanol–water partition coefficient (Wildman–Crippen LogP) is 3.38. The highest BCUT2D eigenvalue weighted by Gasteiger charge is 2.26. The first-order chi connectivity index (χ1) is 11.3. The van der Waals surface area contributed by atoms with Crippen LogP contribution in [0.1, 0.15) is 18.9 Å². The zero-order chi connectivity index (χ0) is 15.9. The molecule has 5 nitrogen and oxygen atoms in total. The van der Waals surface area contributed by atoms with E-state index in [1.54, 1.807) is 17.5 Å². The van der Waals surface area contributed by atoms with Gasteiger partial charge in [-0.3, -0.25) is 0 Å². The van der Waals surface area contributed by atoms with Gasteiger partial charge in [-0.05, 0) is 35.4 Å². The number of guanidine groups is 1. The van der Waals surface area contributed by atoms with E-state index in [4.69, 9.17) is 9.73 Å². The SMILES string of the molecule is CCNC(=NCc1ccsc1)N1CCC(Oc2ccccn2)C1.I. The van der Waals surface area contributed by atoms with Crippen LogP contribution in [0.5, 0.6) is 5.88 Å². The smallest absolute Gasteiger partial charge is 0.213 e. The number of likely N-dealkylation sites (tertiary alicyclic amines) is 1. The standard InChI is InChI=1S/C17H22N4OS.HI/c1-2-18-17(20-11-14-7-10-23-13-14)21-9-6-15(12-21)22-16-5-3-4-8-19-16;/h3-5,7-8,10,13,15H,2,6,9,11-12H2,1H3,(H,18,20);1H. The molecule has 3 heterocycles. The number of nitrogens with one attached hydrogen (secondary N) is 1. The minimum absolute atomic E-state index is 0. The van der Waals surface area contributed by atoms with Gasteiger partial charge in [-0.2, -0.15) is 11.3 Å². The third-order valence-electron chi connectivity index (χ3n) is 3.70. The summed E-state index contributed by atoms with van der Waals surface area (Å²) >= 11 is 1.71. The van der Waals surface area contributed by atoms with Crippen LogP contribution in [0, 0.1) is 0 Å². The van der Waals surface area contributed by atoms with E-state index < -0.39 is 0 Å². The van der Waals surface area contributed by atoms with E-state index in [2.05, 4.69) is 39.0 Å². The molecule has 0 aliphatic carbocycles. The number of aliphatic imine (C=N–C) groups is 1. The Morgan fingerprint density at radius 1 is 1.46 bits per heavy atom. The third-order valence-corrected chi connectivity index (χ3v) is 4.43. The summed E-state index contributed by atoms with van der Waals surface area (Å²) in [5.41, 5.74) is 1.26. The lowest BCUT2D eigenvalue weighted by atomic mass is 10.3. The molecule has 1 unspecified atom stereocenters. The van der Waals surface area contributed by atoms with Crippen LogP contribution in [0.4, 0.5) is 0 Å². The maximum Gasteiger partial charge on any atom is 0.213 e. The first-order valence-corrected chi connectivity index (χ1v) is 8.91. The molecule has 1 aliphatic heterocycles. The third kappa shape index (κ3) is 5.34. The van der Waals surface area contributed by atoms with Crippen molar-refractivity contribution >= 4 is 41.3 Å². The molecule has 0 amide bonds. The maximum absolute atomic E-state index is 5.95. The second-order valence-corrected chi connectivity index (χ2v) is 6.22. The summed E-state index contributed by atoms with van der Waals surface area (Å²) in [7, 11) is 0. The van der Waals surface area contributed by atoms with Gasteiger partial charge in [0.25, 0.3) is 0 Å². The van der Waals surface area contributed by atoms with Crippen LogP contribution in [-0.4, -0.2) is 41.6 Å². The van der Waals surface area contributed by atoms with Gasteiger partial charge in [0.05, 0.1) is 13.1 Å². The summed E-state index contributed by atoms with van der Waals surface area (Å²) in [5.74, 6) is 1.66. The molecule has 2 aromatic heterocycles. The van der Waals surface area contributed by atoms with Crippen LogP contribution >= 0.6 is 35.3 Å². The van der Waals surface area contributed by atoms with E-state index in [1.807, 2.05) is 18.2 Å². The van der Waals surface area contributed by atoms with Gasteiger partial charge in [0.1, 0.15) is 6.10 Å². The molecule has 1 aliphatic rings. The number of thiophene rings is 1. The van der Waals surface area contributed by atoms with Crippen LogP contribution in [0.2, 0.25) is 0 Å². The molecule has 0 aromatic carbocycles. The molecule has 0 bridgehead atoms. The van der Waals surface area contributed by atoms with E-state index in [1.165, 1.54) is 5.56 Å². The largest absolute Gasteiger partial charge is 0.472 e. The Labute approximate surface area is 164 Å². The minimum Gasteiger partial charge on any atom is -0.472 e. The molecule has 130 valence electrons. The summed E-state index contributed by atoms with van der Waals surface area (Å²) in [6.45, 7) is 5.47. The van der Waals surface area contributed by atoms with E-state index in [0.29, 0.717) is 12.4 Å². The molecule has 0 radical (unpaired) electrons. The summed E-state index contributed by atoms with van der Waals surface area (Å²) in [6.07, 6.45) is 2.91. The lowest BCUT2D eigenvalue weighted by Gasteiger charge is -2.21. The van der Waals surface area contributed by atoms with Crippen molar-refractivity contribution in [3.8, 4) is 5.88 Å². The summed E-state index contributed by atoms with van der Waals surface area (Å²) in [5, 5.41) is 7.61. The number of ether oxygens (including phenoxy) is 1. The average Bonchev–Trinajstić information content (AvgIpc) is 3.24. The number of hydrogen-bond donors (Lipinski definition) is 1. The van der Waals surface area contributed by atoms with Crippen molar-refractivity contribution in [2.75, 3.05) is 19.6 Å². The zero-order valence-electron chi connectivity index (χ0n) is 13.7. The van der Waals surface area contributed by atoms with Crippen LogP contribution in [0.3, 0.4) is 0 Å². The van der Waals surface area contributed by atoms with E-state index in [-0.39, 0.29) is 30.1 Å². The van der Waals surface area contributed by atoms with Gasteiger partial charge in [-0.1, -0.05) is 6.07 Å². The first-order valence-electron chi connectivity index (χ1n) is 7.97. The molecule has 1 atom stereocenters. The van der Waals surface area contributed by atoms with Crippen molar-refractivity contribution in [3.63, 3.8) is 0 Å². The molecule has 1 saturated heterocycles. The van der Waals surface area contributed by atoms with Crippen molar-refractivity contribution in [3.05, 3.63) is 46.8 Å². The lowest BCUT2D eigenvalue weighted by molar-refractivity contribution is 0.205. The highest BCUT2D eigenvalue weighted by molar-refractivity contribution is 14.0. The number of aromatic nitrogens is 1. The predicted molar refractivity (Wildman–Crippen MR) is 109 cm³/mol. The zero-order valence-corrected chi connectivity index (χ0v) is 16.9. The molecule has 1 fully saturated rings. The van der Waals surface area contributed by atoms with E-state index >= 15 is 0 Å². The summed E-state index contributed by atoms with van der Waals surface area (Å²) in [6, 6.07) is 7.86. The van der Waals surface area contributed by atoms with Crippen molar-refractivity contribution in [1.82, 2.24) is 15.2 Å². The lowest BCUT2D eigenvalue weighted by Crippen LogP contribution is -2.40. The molecule has 24 heavy (non-hydrogen) atoms.